The van der Waals surface area contributed by atoms with E-state index in [-0.39, 0.29) is 34.1 Å². The second-order valence-electron chi connectivity index (χ2n) is 10.3. The molecular weight excluding hydrogens is 580 g/mol. The molecule has 11 atom stereocenters. The molecule has 43 heavy (non-hydrogen) atoms. The van der Waals surface area contributed by atoms with Gasteiger partial charge in [0.1, 0.15) is 71.8 Å². The van der Waals surface area contributed by atoms with Crippen molar-refractivity contribution in [3.05, 3.63) is 47.2 Å². The average Bonchev–Trinajstić information content (AvgIpc) is 2.98. The van der Waals surface area contributed by atoms with E-state index in [4.69, 9.17) is 23.7 Å². The Hall–Kier alpha value is -3.42. The number of aliphatic hydroxyl groups is 8. The van der Waals surface area contributed by atoms with E-state index in [1.807, 2.05) is 0 Å². The summed E-state index contributed by atoms with van der Waals surface area (Å²) in [7, 11) is 0. The molecule has 0 aliphatic carbocycles. The zero-order chi connectivity index (χ0) is 31.2. The number of fused-ring (bicyclic) bond motifs is 1. The van der Waals surface area contributed by atoms with Gasteiger partial charge in [0.2, 0.25) is 12.6 Å². The summed E-state index contributed by atoms with van der Waals surface area (Å²) in [6.07, 6.45) is -15.9. The lowest BCUT2D eigenvalue weighted by molar-refractivity contribution is -0.293. The van der Waals surface area contributed by atoms with Crippen LogP contribution >= 0.6 is 0 Å². The van der Waals surface area contributed by atoms with Crippen molar-refractivity contribution >= 4 is 6.08 Å². The van der Waals surface area contributed by atoms with Gasteiger partial charge in [-0.3, -0.25) is 0 Å². The Labute approximate surface area is 243 Å². The quantitative estimate of drug-likeness (QED) is 0.152. The van der Waals surface area contributed by atoms with E-state index >= 15 is 0 Å². The third kappa shape index (κ3) is 5.89. The molecule has 2 aromatic carbocycles. The number of rotatable bonds is 7. The third-order valence-electron chi connectivity index (χ3n) is 7.37. The topological polar surface area (TPSA) is 269 Å². The lowest BCUT2D eigenvalue weighted by atomic mass is 9.98. The van der Waals surface area contributed by atoms with Gasteiger partial charge < -0.3 is 79.9 Å². The summed E-state index contributed by atoms with van der Waals surface area (Å²) < 4.78 is 28.0. The highest BCUT2D eigenvalue weighted by molar-refractivity contribution is 5.69. The fraction of sp³-hybridized carbons (Fsp3) is 0.481. The van der Waals surface area contributed by atoms with Crippen molar-refractivity contribution in [3.8, 4) is 28.7 Å². The van der Waals surface area contributed by atoms with Gasteiger partial charge in [-0.15, -0.1) is 0 Å². The number of phenols is 3. The van der Waals surface area contributed by atoms with Crippen LogP contribution in [0, 0.1) is 0 Å². The largest absolute Gasteiger partial charge is 0.508 e. The molecule has 3 heterocycles. The van der Waals surface area contributed by atoms with Gasteiger partial charge in [-0.05, 0) is 18.2 Å². The van der Waals surface area contributed by atoms with Gasteiger partial charge in [0.05, 0.1) is 18.8 Å². The Kier molecular flexibility index (Phi) is 8.87. The average molecular weight is 613 g/mol. The van der Waals surface area contributed by atoms with Crippen molar-refractivity contribution < 1.29 is 79.9 Å². The van der Waals surface area contributed by atoms with Crippen LogP contribution in [0.3, 0.4) is 0 Å². The third-order valence-corrected chi connectivity index (χ3v) is 7.37. The molecule has 236 valence electrons. The number of ether oxygens (including phenoxy) is 5. The van der Waals surface area contributed by atoms with Gasteiger partial charge >= 0.3 is 0 Å². The molecule has 0 amide bonds. The van der Waals surface area contributed by atoms with Crippen LogP contribution in [0.1, 0.15) is 17.2 Å². The van der Waals surface area contributed by atoms with E-state index < -0.39 is 92.2 Å². The van der Waals surface area contributed by atoms with Crippen LogP contribution in [0.15, 0.2) is 36.1 Å². The first kappa shape index (κ1) is 31.0. The number of aliphatic hydroxyl groups excluding tert-OH is 8. The molecule has 5 rings (SSSR count). The van der Waals surface area contributed by atoms with E-state index in [1.165, 1.54) is 30.3 Å². The molecule has 0 saturated carbocycles. The fourth-order valence-electron chi connectivity index (χ4n) is 4.96. The summed E-state index contributed by atoms with van der Waals surface area (Å²) >= 11 is 0. The highest BCUT2D eigenvalue weighted by atomic mass is 16.7. The predicted octanol–water partition coefficient (Wildman–Crippen LogP) is -2.73. The Morgan fingerprint density at radius 1 is 0.651 bits per heavy atom. The molecule has 16 nitrogen and oxygen atoms in total. The monoisotopic (exact) mass is 612 g/mol. The molecule has 0 bridgehead atoms. The van der Waals surface area contributed by atoms with Gasteiger partial charge in [-0.2, -0.15) is 0 Å². The zero-order valence-electron chi connectivity index (χ0n) is 22.2. The maximum absolute atomic E-state index is 10.8. The standard InChI is InChI=1S/C27H32O16/c28-7-17-19(33)21(35)23(37)26(42-17)40-14-2-1-9(3-13(14)32)25-16(6-11-12(31)4-10(30)5-15(11)39-25)41-27-24(38)22(36)20(34)18(8-29)43-27/h1-6,17-38H,7-8H2. The molecular formula is C27H32O16. The van der Waals surface area contributed by atoms with Gasteiger partial charge in [0.25, 0.3) is 0 Å². The summed E-state index contributed by atoms with van der Waals surface area (Å²) in [5.41, 5.74) is 0.253. The minimum atomic E-state index is -1.78. The molecule has 0 radical (unpaired) electrons. The lowest BCUT2D eigenvalue weighted by Gasteiger charge is -2.41. The number of aromatic hydroxyl groups is 3. The molecule has 2 fully saturated rings. The van der Waals surface area contributed by atoms with Crippen LogP contribution in [0.4, 0.5) is 0 Å². The highest BCUT2D eigenvalue weighted by Gasteiger charge is 2.47. The number of hydrogen-bond donors (Lipinski definition) is 11. The summed E-state index contributed by atoms with van der Waals surface area (Å²) in [4.78, 5) is 0. The van der Waals surface area contributed by atoms with E-state index in [0.717, 1.165) is 6.07 Å². The Morgan fingerprint density at radius 3 is 1.79 bits per heavy atom. The van der Waals surface area contributed by atoms with Crippen LogP contribution in [0.5, 0.6) is 28.7 Å². The van der Waals surface area contributed by atoms with Crippen LogP contribution in [0.25, 0.3) is 6.08 Å². The van der Waals surface area contributed by atoms with E-state index in [0.29, 0.717) is 0 Å². The van der Waals surface area contributed by atoms with E-state index in [9.17, 15) is 56.2 Å². The van der Waals surface area contributed by atoms with Crippen molar-refractivity contribution in [2.45, 2.75) is 67.5 Å². The number of phenolic OH excluding ortho intramolecular Hbond substituents is 3. The SMILES string of the molecule is OCC1OC(OC2=Cc3c(O)cc(O)cc3OC2c2ccc(OC3OC(CO)C(O)C(O)C3O)c(O)c2)C(O)C(O)C1O. The van der Waals surface area contributed by atoms with Crippen LogP contribution in [0.2, 0.25) is 0 Å². The fourth-order valence-corrected chi connectivity index (χ4v) is 4.96. The van der Waals surface area contributed by atoms with Crippen molar-refractivity contribution in [1.29, 1.82) is 0 Å². The highest BCUT2D eigenvalue weighted by Crippen LogP contribution is 2.45. The van der Waals surface area contributed by atoms with Gasteiger partial charge in [-0.1, -0.05) is 6.07 Å². The predicted molar refractivity (Wildman–Crippen MR) is 138 cm³/mol. The van der Waals surface area contributed by atoms with Gasteiger partial charge in [-0.25, -0.2) is 0 Å². The van der Waals surface area contributed by atoms with Gasteiger partial charge in [0, 0.05) is 17.7 Å². The van der Waals surface area contributed by atoms with Crippen molar-refractivity contribution in [2.24, 2.45) is 0 Å². The Bertz CT molecular complexity index is 1330. The van der Waals surface area contributed by atoms with Crippen LogP contribution in [-0.4, -0.2) is 131 Å². The molecule has 16 heteroatoms. The van der Waals surface area contributed by atoms with Crippen LogP contribution < -0.4 is 9.47 Å². The van der Waals surface area contributed by atoms with Crippen molar-refractivity contribution in [2.75, 3.05) is 13.2 Å². The van der Waals surface area contributed by atoms with Crippen molar-refractivity contribution in [1.82, 2.24) is 0 Å². The van der Waals surface area contributed by atoms with Gasteiger partial charge in [0.15, 0.2) is 17.6 Å². The van der Waals surface area contributed by atoms with Crippen molar-refractivity contribution in [3.63, 3.8) is 0 Å². The first-order valence-corrected chi connectivity index (χ1v) is 13.1. The number of benzene rings is 2. The Morgan fingerprint density at radius 2 is 1.23 bits per heavy atom. The normalized spacial score (nSPS) is 35.8. The second-order valence-corrected chi connectivity index (χ2v) is 10.3. The molecule has 11 N–H and O–H groups in total. The molecule has 3 aliphatic heterocycles. The lowest BCUT2D eigenvalue weighted by Crippen LogP contribution is -2.60. The first-order valence-electron chi connectivity index (χ1n) is 13.1. The minimum absolute atomic E-state index is 0.00443. The summed E-state index contributed by atoms with van der Waals surface area (Å²) in [5, 5.41) is 111. The molecule has 0 spiro atoms. The molecule has 2 aromatic rings. The molecule has 11 unspecified atom stereocenters. The van der Waals surface area contributed by atoms with Crippen LogP contribution in [-0.2, 0) is 14.2 Å². The summed E-state index contributed by atoms with van der Waals surface area (Å²) in [6, 6.07) is 6.06. The maximum atomic E-state index is 10.8. The minimum Gasteiger partial charge on any atom is -0.508 e. The number of hydrogen-bond acceptors (Lipinski definition) is 16. The molecule has 2 saturated heterocycles. The maximum Gasteiger partial charge on any atom is 0.229 e. The molecule has 0 aromatic heterocycles. The van der Waals surface area contributed by atoms with E-state index in [2.05, 4.69) is 0 Å². The summed E-state index contributed by atoms with van der Waals surface area (Å²) in [5.74, 6) is -1.60. The summed E-state index contributed by atoms with van der Waals surface area (Å²) in [6.45, 7) is -1.40. The Balaban J connectivity index is 1.44. The first-order chi connectivity index (χ1) is 20.4. The zero-order valence-corrected chi connectivity index (χ0v) is 22.2. The van der Waals surface area contributed by atoms with E-state index in [1.54, 1.807) is 0 Å². The second kappa shape index (κ2) is 12.3. The smallest absolute Gasteiger partial charge is 0.229 e. The molecule has 3 aliphatic rings.